The first-order valence-corrected chi connectivity index (χ1v) is 7.20. The Hall–Kier alpha value is 0.190. The Morgan fingerprint density at radius 1 is 1.35 bits per heavy atom. The largest absolute Gasteiger partial charge is 0.388 e. The number of hydrogen-bond donors (Lipinski definition) is 2. The summed E-state index contributed by atoms with van der Waals surface area (Å²) in [4.78, 5) is -0.618. The van der Waals surface area contributed by atoms with Gasteiger partial charge in [-0.2, -0.15) is 0 Å². The van der Waals surface area contributed by atoms with Crippen LogP contribution in [-0.2, 0) is 9.47 Å². The van der Waals surface area contributed by atoms with Crippen LogP contribution in [-0.4, -0.2) is 52.9 Å². The van der Waals surface area contributed by atoms with Crippen molar-refractivity contribution in [3.8, 4) is 0 Å². The summed E-state index contributed by atoms with van der Waals surface area (Å²) in [5.41, 5.74) is 0. The minimum atomic E-state index is -0.907. The maximum absolute atomic E-state index is 10.1. The molecule has 17 heavy (non-hydrogen) atoms. The summed E-state index contributed by atoms with van der Waals surface area (Å²) in [6, 6.07) is 0. The van der Waals surface area contributed by atoms with Crippen LogP contribution in [0.5, 0.6) is 0 Å². The molecule has 2 N–H and O–H groups in total. The van der Waals surface area contributed by atoms with Crippen molar-refractivity contribution in [2.75, 3.05) is 13.4 Å². The van der Waals surface area contributed by atoms with Gasteiger partial charge in [-0.05, 0) is 25.5 Å². The molecular formula is C12H24O4S. The molecule has 102 valence electrons. The minimum Gasteiger partial charge on any atom is -0.388 e. The van der Waals surface area contributed by atoms with Gasteiger partial charge in [0.05, 0.1) is 6.10 Å². The Kier molecular flexibility index (Phi) is 5.28. The van der Waals surface area contributed by atoms with Crippen LogP contribution in [0.15, 0.2) is 0 Å². The summed E-state index contributed by atoms with van der Waals surface area (Å²) in [7, 11) is 1.53. The molecule has 1 fully saturated rings. The summed E-state index contributed by atoms with van der Waals surface area (Å²) in [5.74, 6) is 0.409. The Labute approximate surface area is 108 Å². The topological polar surface area (TPSA) is 58.9 Å². The SMILES string of the molecule is CO[C@@H]1[C@@H](O)[C@@H](O)[C@@H](CC(C)C)O[C@]1(C)SC. The molecular weight excluding hydrogens is 240 g/mol. The van der Waals surface area contributed by atoms with E-state index in [9.17, 15) is 10.2 Å². The number of aliphatic hydroxyl groups is 2. The summed E-state index contributed by atoms with van der Waals surface area (Å²) >= 11 is 1.50. The number of ether oxygens (including phenoxy) is 2. The molecule has 0 aliphatic carbocycles. The van der Waals surface area contributed by atoms with Gasteiger partial charge in [-0.1, -0.05) is 13.8 Å². The summed E-state index contributed by atoms with van der Waals surface area (Å²) in [6.07, 6.45) is -0.00415. The molecule has 0 aromatic rings. The van der Waals surface area contributed by atoms with E-state index in [0.717, 1.165) is 6.42 Å². The third kappa shape index (κ3) is 3.15. The maximum Gasteiger partial charge on any atom is 0.139 e. The van der Waals surface area contributed by atoms with Crippen molar-refractivity contribution in [2.24, 2.45) is 5.92 Å². The molecule has 5 heteroatoms. The van der Waals surface area contributed by atoms with E-state index in [1.165, 1.54) is 18.9 Å². The number of rotatable bonds is 4. The second-order valence-electron chi connectivity index (χ2n) is 5.14. The first-order chi connectivity index (χ1) is 7.85. The monoisotopic (exact) mass is 264 g/mol. The summed E-state index contributed by atoms with van der Waals surface area (Å²) < 4.78 is 11.2. The lowest BCUT2D eigenvalue weighted by Gasteiger charge is -2.48. The molecule has 0 amide bonds. The zero-order valence-electron chi connectivity index (χ0n) is 11.2. The maximum atomic E-state index is 10.1. The second kappa shape index (κ2) is 5.89. The molecule has 1 rings (SSSR count). The van der Waals surface area contributed by atoms with Crippen LogP contribution in [0.3, 0.4) is 0 Å². The quantitative estimate of drug-likeness (QED) is 0.800. The molecule has 0 saturated carbocycles. The Bertz CT molecular complexity index is 249. The minimum absolute atomic E-state index is 0.339. The van der Waals surface area contributed by atoms with Gasteiger partial charge in [0.25, 0.3) is 0 Å². The number of thioether (sulfide) groups is 1. The fraction of sp³-hybridized carbons (Fsp3) is 1.00. The third-order valence-corrected chi connectivity index (χ3v) is 4.45. The van der Waals surface area contributed by atoms with E-state index >= 15 is 0 Å². The van der Waals surface area contributed by atoms with E-state index in [1.54, 1.807) is 0 Å². The summed E-state index contributed by atoms with van der Waals surface area (Å²) in [6.45, 7) is 6.04. The van der Waals surface area contributed by atoms with Gasteiger partial charge >= 0.3 is 0 Å². The van der Waals surface area contributed by atoms with Crippen molar-refractivity contribution in [3.63, 3.8) is 0 Å². The van der Waals surface area contributed by atoms with Gasteiger partial charge in [-0.15, -0.1) is 11.8 Å². The van der Waals surface area contributed by atoms with Gasteiger partial charge in [-0.25, -0.2) is 0 Å². The van der Waals surface area contributed by atoms with Crippen LogP contribution < -0.4 is 0 Å². The molecule has 1 saturated heterocycles. The van der Waals surface area contributed by atoms with Crippen LogP contribution in [0.1, 0.15) is 27.2 Å². The van der Waals surface area contributed by atoms with Crippen LogP contribution in [0, 0.1) is 5.92 Å². The van der Waals surface area contributed by atoms with E-state index in [4.69, 9.17) is 9.47 Å². The highest BCUT2D eigenvalue weighted by Crippen LogP contribution is 2.40. The molecule has 0 aromatic heterocycles. The molecule has 0 unspecified atom stereocenters. The normalized spacial score (nSPS) is 43.1. The van der Waals surface area contributed by atoms with Crippen molar-refractivity contribution in [1.29, 1.82) is 0 Å². The van der Waals surface area contributed by atoms with Crippen LogP contribution in [0.25, 0.3) is 0 Å². The average Bonchev–Trinajstić information content (AvgIpc) is 2.25. The first-order valence-electron chi connectivity index (χ1n) is 5.97. The number of aliphatic hydroxyl groups excluding tert-OH is 2. The highest BCUT2D eigenvalue weighted by molar-refractivity contribution is 7.99. The van der Waals surface area contributed by atoms with Crippen molar-refractivity contribution in [3.05, 3.63) is 0 Å². The van der Waals surface area contributed by atoms with Gasteiger partial charge in [0.1, 0.15) is 23.2 Å². The summed E-state index contributed by atoms with van der Waals surface area (Å²) in [5, 5.41) is 20.2. The Morgan fingerprint density at radius 3 is 2.35 bits per heavy atom. The van der Waals surface area contributed by atoms with Crippen molar-refractivity contribution in [2.45, 2.75) is 56.5 Å². The lowest BCUT2D eigenvalue weighted by atomic mass is 9.90. The fourth-order valence-corrected chi connectivity index (χ4v) is 3.00. The van der Waals surface area contributed by atoms with Gasteiger partial charge in [0, 0.05) is 7.11 Å². The zero-order valence-corrected chi connectivity index (χ0v) is 12.0. The molecule has 0 radical (unpaired) electrons. The van der Waals surface area contributed by atoms with Gasteiger partial charge in [-0.3, -0.25) is 0 Å². The van der Waals surface area contributed by atoms with Crippen LogP contribution in [0.4, 0.5) is 0 Å². The number of hydrogen-bond acceptors (Lipinski definition) is 5. The van der Waals surface area contributed by atoms with Gasteiger partial charge in [0.2, 0.25) is 0 Å². The fourth-order valence-electron chi connectivity index (χ4n) is 2.32. The van der Waals surface area contributed by atoms with E-state index in [1.807, 2.05) is 13.2 Å². The molecule has 0 aromatic carbocycles. The second-order valence-corrected chi connectivity index (χ2v) is 6.36. The Balaban J connectivity index is 2.87. The predicted molar refractivity (Wildman–Crippen MR) is 69.1 cm³/mol. The molecule has 5 atom stereocenters. The van der Waals surface area contributed by atoms with E-state index in [0.29, 0.717) is 5.92 Å². The molecule has 0 bridgehead atoms. The van der Waals surface area contributed by atoms with Gasteiger partial charge < -0.3 is 19.7 Å². The highest BCUT2D eigenvalue weighted by atomic mass is 32.2. The Morgan fingerprint density at radius 2 is 1.94 bits per heavy atom. The molecule has 0 spiro atoms. The van der Waals surface area contributed by atoms with Crippen LogP contribution >= 0.6 is 11.8 Å². The lowest BCUT2D eigenvalue weighted by molar-refractivity contribution is -0.239. The van der Waals surface area contributed by atoms with Crippen molar-refractivity contribution < 1.29 is 19.7 Å². The first kappa shape index (κ1) is 15.2. The lowest BCUT2D eigenvalue weighted by Crippen LogP contribution is -2.62. The molecule has 1 aliphatic rings. The van der Waals surface area contributed by atoms with E-state index in [2.05, 4.69) is 13.8 Å². The van der Waals surface area contributed by atoms with Crippen molar-refractivity contribution >= 4 is 11.8 Å². The van der Waals surface area contributed by atoms with Gasteiger partial charge in [0.15, 0.2) is 0 Å². The predicted octanol–water partition coefficient (Wildman–Crippen LogP) is 1.25. The van der Waals surface area contributed by atoms with Crippen LogP contribution in [0.2, 0.25) is 0 Å². The molecule has 4 nitrogen and oxygen atoms in total. The van der Waals surface area contributed by atoms with E-state index < -0.39 is 23.2 Å². The standard InChI is InChI=1S/C12H24O4S/c1-7(2)6-8-9(13)10(14)11(15-4)12(3,16-8)17-5/h7-11,13-14H,6H2,1-5H3/t8-,9+,10+,11-,12-/m1/s1. The zero-order chi connectivity index (χ0) is 13.2. The van der Waals surface area contributed by atoms with E-state index in [-0.39, 0.29) is 6.10 Å². The number of methoxy groups -OCH3 is 1. The molecule has 1 aliphatic heterocycles. The highest BCUT2D eigenvalue weighted by Gasteiger charge is 2.51. The molecule has 1 heterocycles. The smallest absolute Gasteiger partial charge is 0.139 e. The average molecular weight is 264 g/mol. The van der Waals surface area contributed by atoms with Crippen molar-refractivity contribution in [1.82, 2.24) is 0 Å². The third-order valence-electron chi connectivity index (χ3n) is 3.31.